The highest BCUT2D eigenvalue weighted by molar-refractivity contribution is 7.99. The van der Waals surface area contributed by atoms with Gasteiger partial charge in [0.1, 0.15) is 5.75 Å². The third-order valence-corrected chi connectivity index (χ3v) is 5.58. The monoisotopic (exact) mass is 416 g/mol. The topological polar surface area (TPSA) is 69.9 Å². The van der Waals surface area contributed by atoms with Crippen LogP contribution >= 0.6 is 11.8 Å². The molecule has 0 spiro atoms. The molecule has 150 valence electrons. The Morgan fingerprint density at radius 3 is 2.60 bits per heavy atom. The molecular weight excluding hydrogens is 396 g/mol. The minimum absolute atomic E-state index is 0.0280. The lowest BCUT2D eigenvalue weighted by molar-refractivity contribution is 0.101. The number of aryl methyl sites for hydroxylation is 1. The second-order valence-corrected chi connectivity index (χ2v) is 7.52. The van der Waals surface area contributed by atoms with Gasteiger partial charge in [-0.05, 0) is 42.8 Å². The lowest BCUT2D eigenvalue weighted by atomic mass is 10.1. The Morgan fingerprint density at radius 2 is 1.83 bits per heavy atom. The third kappa shape index (κ3) is 3.97. The lowest BCUT2D eigenvalue weighted by Crippen LogP contribution is -2.07. The van der Waals surface area contributed by atoms with Crippen LogP contribution in [0.3, 0.4) is 0 Å². The van der Waals surface area contributed by atoms with Crippen molar-refractivity contribution in [2.24, 2.45) is 0 Å². The van der Waals surface area contributed by atoms with Crippen LogP contribution in [0.2, 0.25) is 0 Å². The summed E-state index contributed by atoms with van der Waals surface area (Å²) in [7, 11) is 1.56. The van der Waals surface area contributed by atoms with Crippen molar-refractivity contribution in [3.8, 4) is 22.8 Å². The van der Waals surface area contributed by atoms with E-state index in [1.807, 2.05) is 60.0 Å². The van der Waals surface area contributed by atoms with Crippen LogP contribution in [0, 0.1) is 6.92 Å². The van der Waals surface area contributed by atoms with E-state index >= 15 is 0 Å². The Labute approximate surface area is 179 Å². The molecular formula is C23H20N4O2S. The van der Waals surface area contributed by atoms with Crippen LogP contribution in [0.15, 0.2) is 78.2 Å². The number of hydrogen-bond donors (Lipinski definition) is 0. The van der Waals surface area contributed by atoms with Crippen molar-refractivity contribution in [2.75, 3.05) is 12.9 Å². The Bertz CT molecular complexity index is 1170. The molecule has 6 nitrogen and oxygen atoms in total. The fourth-order valence-corrected chi connectivity index (χ4v) is 3.99. The first-order valence-electron chi connectivity index (χ1n) is 9.40. The predicted molar refractivity (Wildman–Crippen MR) is 117 cm³/mol. The molecule has 0 fully saturated rings. The van der Waals surface area contributed by atoms with Crippen molar-refractivity contribution in [2.45, 2.75) is 12.1 Å². The number of hydrogen-bond acceptors (Lipinski definition) is 6. The zero-order valence-corrected chi connectivity index (χ0v) is 17.5. The van der Waals surface area contributed by atoms with E-state index in [-0.39, 0.29) is 11.5 Å². The summed E-state index contributed by atoms with van der Waals surface area (Å²) in [6, 6.07) is 19.1. The van der Waals surface area contributed by atoms with Gasteiger partial charge in [0, 0.05) is 18.0 Å². The van der Waals surface area contributed by atoms with Gasteiger partial charge >= 0.3 is 0 Å². The molecule has 0 unspecified atom stereocenters. The number of Topliss-reactive ketones (excluding diaryl/α,β-unsaturated/α-hetero) is 1. The number of nitrogens with zero attached hydrogens (tertiary/aromatic N) is 4. The number of ether oxygens (including phenoxy) is 1. The molecule has 0 N–H and O–H groups in total. The van der Waals surface area contributed by atoms with Crippen molar-refractivity contribution >= 4 is 17.5 Å². The summed E-state index contributed by atoms with van der Waals surface area (Å²) in [4.78, 5) is 17.0. The normalized spacial score (nSPS) is 10.7. The molecule has 0 atom stereocenters. The maximum atomic E-state index is 12.8. The number of carbonyl (C=O) groups is 1. The molecule has 0 bridgehead atoms. The maximum absolute atomic E-state index is 12.8. The number of benzene rings is 2. The van der Waals surface area contributed by atoms with E-state index in [0.29, 0.717) is 22.3 Å². The zero-order chi connectivity index (χ0) is 20.9. The highest BCUT2D eigenvalue weighted by Crippen LogP contribution is 2.30. The summed E-state index contributed by atoms with van der Waals surface area (Å²) in [5, 5.41) is 9.43. The van der Waals surface area contributed by atoms with Crippen LogP contribution < -0.4 is 4.74 Å². The Balaban J connectivity index is 1.69. The minimum Gasteiger partial charge on any atom is -0.496 e. The molecule has 2 aromatic carbocycles. The van der Waals surface area contributed by atoms with Crippen LogP contribution in [0.5, 0.6) is 5.75 Å². The van der Waals surface area contributed by atoms with Gasteiger partial charge in [0.25, 0.3) is 0 Å². The van der Waals surface area contributed by atoms with Gasteiger partial charge in [-0.25, -0.2) is 0 Å². The van der Waals surface area contributed by atoms with Crippen molar-refractivity contribution in [3.05, 3.63) is 84.2 Å². The van der Waals surface area contributed by atoms with Gasteiger partial charge in [0.15, 0.2) is 16.8 Å². The van der Waals surface area contributed by atoms with Crippen molar-refractivity contribution < 1.29 is 9.53 Å². The number of thioether (sulfide) groups is 1. The molecule has 2 heterocycles. The summed E-state index contributed by atoms with van der Waals surface area (Å²) in [5.41, 5.74) is 3.46. The number of rotatable bonds is 7. The molecule has 0 saturated carbocycles. The molecule has 2 aromatic heterocycles. The molecule has 4 aromatic rings. The summed E-state index contributed by atoms with van der Waals surface area (Å²) in [5.74, 6) is 1.45. The summed E-state index contributed by atoms with van der Waals surface area (Å²) < 4.78 is 7.30. The first kappa shape index (κ1) is 19.8. The number of methoxy groups -OCH3 is 1. The van der Waals surface area contributed by atoms with Crippen LogP contribution in [-0.4, -0.2) is 38.4 Å². The molecule has 0 amide bonds. The Morgan fingerprint density at radius 1 is 1.03 bits per heavy atom. The molecule has 7 heteroatoms. The van der Waals surface area contributed by atoms with Crippen LogP contribution in [-0.2, 0) is 0 Å². The number of pyridine rings is 1. The average Bonchev–Trinajstić information content (AvgIpc) is 3.22. The number of aromatic nitrogens is 4. The van der Waals surface area contributed by atoms with Gasteiger partial charge in [-0.3, -0.25) is 14.3 Å². The van der Waals surface area contributed by atoms with E-state index in [0.717, 1.165) is 16.8 Å². The molecule has 4 rings (SSSR count). The molecule has 0 aliphatic carbocycles. The van der Waals surface area contributed by atoms with E-state index < -0.39 is 0 Å². The van der Waals surface area contributed by atoms with Gasteiger partial charge in [-0.1, -0.05) is 42.1 Å². The Hall–Kier alpha value is -3.45. The summed E-state index contributed by atoms with van der Waals surface area (Å²) in [6.45, 7) is 2.04. The van der Waals surface area contributed by atoms with Crippen LogP contribution in [0.25, 0.3) is 17.1 Å². The van der Waals surface area contributed by atoms with Gasteiger partial charge in [0.05, 0.1) is 24.1 Å². The lowest BCUT2D eigenvalue weighted by Gasteiger charge is -2.13. The van der Waals surface area contributed by atoms with E-state index in [4.69, 9.17) is 4.74 Å². The quantitative estimate of drug-likeness (QED) is 0.323. The Kier molecular flexibility index (Phi) is 5.90. The van der Waals surface area contributed by atoms with Crippen LogP contribution in [0.1, 0.15) is 15.9 Å². The van der Waals surface area contributed by atoms with Crippen molar-refractivity contribution in [3.63, 3.8) is 0 Å². The highest BCUT2D eigenvalue weighted by atomic mass is 32.2. The molecule has 0 radical (unpaired) electrons. The standard InChI is InChI=1S/C23H20N4O2S/c1-16-8-3-5-11-19(16)27-22(17-9-7-13-24-14-17)25-26-23(27)30-15-20(28)18-10-4-6-12-21(18)29-2/h3-14H,15H2,1-2H3. The molecule has 0 saturated heterocycles. The second-order valence-electron chi connectivity index (χ2n) is 6.58. The van der Waals surface area contributed by atoms with E-state index in [1.54, 1.807) is 31.6 Å². The SMILES string of the molecule is COc1ccccc1C(=O)CSc1nnc(-c2cccnc2)n1-c1ccccc1C. The van der Waals surface area contributed by atoms with E-state index in [2.05, 4.69) is 15.2 Å². The van der Waals surface area contributed by atoms with Gasteiger partial charge in [0.2, 0.25) is 0 Å². The fraction of sp³-hybridized carbons (Fsp3) is 0.130. The van der Waals surface area contributed by atoms with Gasteiger partial charge < -0.3 is 4.74 Å². The fourth-order valence-electron chi connectivity index (χ4n) is 3.16. The van der Waals surface area contributed by atoms with Crippen molar-refractivity contribution in [1.82, 2.24) is 19.7 Å². The molecule has 30 heavy (non-hydrogen) atoms. The average molecular weight is 417 g/mol. The van der Waals surface area contributed by atoms with Gasteiger partial charge in [-0.2, -0.15) is 0 Å². The second kappa shape index (κ2) is 8.92. The summed E-state index contributed by atoms with van der Waals surface area (Å²) >= 11 is 1.35. The molecule has 0 aliphatic heterocycles. The number of carbonyl (C=O) groups excluding carboxylic acids is 1. The third-order valence-electron chi connectivity index (χ3n) is 4.65. The molecule has 0 aliphatic rings. The predicted octanol–water partition coefficient (Wildman–Crippen LogP) is 4.62. The maximum Gasteiger partial charge on any atom is 0.196 e. The van der Waals surface area contributed by atoms with Gasteiger partial charge in [-0.15, -0.1) is 10.2 Å². The van der Waals surface area contributed by atoms with Crippen molar-refractivity contribution in [1.29, 1.82) is 0 Å². The number of ketones is 1. The van der Waals surface area contributed by atoms with E-state index in [1.165, 1.54) is 11.8 Å². The zero-order valence-electron chi connectivity index (χ0n) is 16.6. The first-order chi connectivity index (χ1) is 14.7. The highest BCUT2D eigenvalue weighted by Gasteiger charge is 2.19. The number of para-hydroxylation sites is 2. The largest absolute Gasteiger partial charge is 0.496 e. The van der Waals surface area contributed by atoms with E-state index in [9.17, 15) is 4.79 Å². The summed E-state index contributed by atoms with van der Waals surface area (Å²) in [6.07, 6.45) is 3.48. The van der Waals surface area contributed by atoms with Crippen LogP contribution in [0.4, 0.5) is 0 Å². The first-order valence-corrected chi connectivity index (χ1v) is 10.4. The smallest absolute Gasteiger partial charge is 0.196 e. The minimum atomic E-state index is -0.0280.